The number of nitrogens with zero attached hydrogens (tertiary/aromatic N) is 6. The zero-order chi connectivity index (χ0) is 15.6. The predicted molar refractivity (Wildman–Crippen MR) is 86.6 cm³/mol. The first-order chi connectivity index (χ1) is 11.3. The molecule has 7 heteroatoms. The standard InChI is InChI=1S/C16H19N7/c1-22-9-7-13(8-10-22)23-11-14(18-21-23)16-17-15(19-20-16)12-5-3-2-4-6-12/h2-6,11,13H,7-10H2,1H3,(H,17,19,20). The van der Waals surface area contributed by atoms with Crippen LogP contribution in [0, 0.1) is 0 Å². The minimum atomic E-state index is 0.420. The second kappa shape index (κ2) is 5.92. The summed E-state index contributed by atoms with van der Waals surface area (Å²) >= 11 is 0. The van der Waals surface area contributed by atoms with Crippen molar-refractivity contribution in [3.8, 4) is 22.9 Å². The summed E-state index contributed by atoms with van der Waals surface area (Å²) in [4.78, 5) is 6.87. The van der Waals surface area contributed by atoms with E-state index in [0.29, 0.717) is 17.7 Å². The fraction of sp³-hybridized carbons (Fsp3) is 0.375. The molecule has 0 saturated carbocycles. The van der Waals surface area contributed by atoms with E-state index in [1.165, 1.54) is 0 Å². The summed E-state index contributed by atoms with van der Waals surface area (Å²) in [5.41, 5.74) is 1.72. The molecule has 1 aliphatic heterocycles. The summed E-state index contributed by atoms with van der Waals surface area (Å²) in [6, 6.07) is 10.3. The van der Waals surface area contributed by atoms with Crippen molar-refractivity contribution in [2.75, 3.05) is 20.1 Å². The van der Waals surface area contributed by atoms with Gasteiger partial charge in [-0.2, -0.15) is 5.10 Å². The van der Waals surface area contributed by atoms with Crippen LogP contribution in [-0.2, 0) is 0 Å². The van der Waals surface area contributed by atoms with E-state index in [1.807, 2.05) is 41.2 Å². The van der Waals surface area contributed by atoms with Crippen molar-refractivity contribution in [1.82, 2.24) is 35.1 Å². The van der Waals surface area contributed by atoms with E-state index >= 15 is 0 Å². The van der Waals surface area contributed by atoms with E-state index in [0.717, 1.165) is 37.2 Å². The summed E-state index contributed by atoms with van der Waals surface area (Å²) in [5, 5.41) is 15.8. The first kappa shape index (κ1) is 14.1. The molecule has 0 spiro atoms. The molecule has 4 rings (SSSR count). The Morgan fingerprint density at radius 3 is 2.70 bits per heavy atom. The van der Waals surface area contributed by atoms with Crippen LogP contribution >= 0.6 is 0 Å². The highest BCUT2D eigenvalue weighted by molar-refractivity contribution is 5.58. The molecule has 3 heterocycles. The Hall–Kier alpha value is -2.54. The highest BCUT2D eigenvalue weighted by atomic mass is 15.4. The Morgan fingerprint density at radius 1 is 1.13 bits per heavy atom. The molecule has 2 aromatic heterocycles. The number of H-pyrrole nitrogens is 1. The van der Waals surface area contributed by atoms with Gasteiger partial charge >= 0.3 is 0 Å². The van der Waals surface area contributed by atoms with Gasteiger partial charge in [-0.25, -0.2) is 9.67 Å². The molecule has 1 N–H and O–H groups in total. The fourth-order valence-corrected chi connectivity index (χ4v) is 2.92. The van der Waals surface area contributed by atoms with Crippen molar-refractivity contribution in [1.29, 1.82) is 0 Å². The van der Waals surface area contributed by atoms with Crippen molar-refractivity contribution in [2.24, 2.45) is 0 Å². The first-order valence-corrected chi connectivity index (χ1v) is 7.88. The monoisotopic (exact) mass is 309 g/mol. The molecule has 1 saturated heterocycles. The van der Waals surface area contributed by atoms with Crippen LogP contribution in [0.5, 0.6) is 0 Å². The van der Waals surface area contributed by atoms with Crippen LogP contribution in [0.15, 0.2) is 36.5 Å². The number of hydrogen-bond acceptors (Lipinski definition) is 5. The molecule has 0 radical (unpaired) electrons. The molecule has 3 aromatic rings. The van der Waals surface area contributed by atoms with Crippen LogP contribution in [0.1, 0.15) is 18.9 Å². The molecule has 1 fully saturated rings. The van der Waals surface area contributed by atoms with Gasteiger partial charge in [-0.15, -0.1) is 5.10 Å². The van der Waals surface area contributed by atoms with Gasteiger partial charge in [0.05, 0.1) is 12.2 Å². The van der Waals surface area contributed by atoms with Crippen molar-refractivity contribution < 1.29 is 0 Å². The highest BCUT2D eigenvalue weighted by Crippen LogP contribution is 2.23. The van der Waals surface area contributed by atoms with Crippen molar-refractivity contribution in [2.45, 2.75) is 18.9 Å². The van der Waals surface area contributed by atoms with Crippen LogP contribution in [-0.4, -0.2) is 55.2 Å². The lowest BCUT2D eigenvalue weighted by atomic mass is 10.1. The Labute approximate surface area is 134 Å². The first-order valence-electron chi connectivity index (χ1n) is 7.88. The molecule has 1 aliphatic rings. The summed E-state index contributed by atoms with van der Waals surface area (Å²) < 4.78 is 1.97. The maximum Gasteiger partial charge on any atom is 0.181 e. The summed E-state index contributed by atoms with van der Waals surface area (Å²) in [7, 11) is 2.16. The number of likely N-dealkylation sites (tertiary alicyclic amines) is 1. The molecule has 7 nitrogen and oxygen atoms in total. The molecule has 0 bridgehead atoms. The third-order valence-electron chi connectivity index (χ3n) is 4.33. The van der Waals surface area contributed by atoms with E-state index in [-0.39, 0.29) is 0 Å². The molecular formula is C16H19N7. The normalized spacial score (nSPS) is 16.7. The number of benzene rings is 1. The second-order valence-corrected chi connectivity index (χ2v) is 5.99. The number of piperidine rings is 1. The lowest BCUT2D eigenvalue weighted by Crippen LogP contribution is -2.31. The molecule has 0 aliphatic carbocycles. The third kappa shape index (κ3) is 2.87. The summed E-state index contributed by atoms with van der Waals surface area (Å²) in [6.45, 7) is 2.20. The Bertz CT molecular complexity index is 769. The van der Waals surface area contributed by atoms with Crippen molar-refractivity contribution >= 4 is 0 Å². The largest absolute Gasteiger partial charge is 0.306 e. The quantitative estimate of drug-likeness (QED) is 0.801. The fourth-order valence-electron chi connectivity index (χ4n) is 2.92. The molecule has 0 atom stereocenters. The van der Waals surface area contributed by atoms with Gasteiger partial charge in [0.15, 0.2) is 11.6 Å². The van der Waals surface area contributed by atoms with Gasteiger partial charge in [0, 0.05) is 5.56 Å². The van der Waals surface area contributed by atoms with Crippen molar-refractivity contribution in [3.63, 3.8) is 0 Å². The SMILES string of the molecule is CN1CCC(n2cc(-c3nc(-c4ccccc4)n[nH]3)nn2)CC1. The Morgan fingerprint density at radius 2 is 1.91 bits per heavy atom. The maximum absolute atomic E-state index is 4.53. The van der Waals surface area contributed by atoms with Crippen LogP contribution in [0.25, 0.3) is 22.9 Å². The average Bonchev–Trinajstić information content (AvgIpc) is 3.26. The third-order valence-corrected chi connectivity index (χ3v) is 4.33. The van der Waals surface area contributed by atoms with Crippen LogP contribution in [0.4, 0.5) is 0 Å². The highest BCUT2D eigenvalue weighted by Gasteiger charge is 2.20. The lowest BCUT2D eigenvalue weighted by Gasteiger charge is -2.28. The van der Waals surface area contributed by atoms with Gasteiger partial charge in [-0.3, -0.25) is 5.10 Å². The van der Waals surface area contributed by atoms with Crippen LogP contribution in [0.3, 0.4) is 0 Å². The zero-order valence-electron chi connectivity index (χ0n) is 13.1. The number of rotatable bonds is 3. The van der Waals surface area contributed by atoms with E-state index in [4.69, 9.17) is 0 Å². The Kier molecular flexibility index (Phi) is 3.63. The van der Waals surface area contributed by atoms with Crippen LogP contribution < -0.4 is 0 Å². The number of hydrogen-bond donors (Lipinski definition) is 1. The van der Waals surface area contributed by atoms with Gasteiger partial charge in [-0.1, -0.05) is 35.5 Å². The zero-order valence-corrected chi connectivity index (χ0v) is 13.1. The minimum absolute atomic E-state index is 0.420. The predicted octanol–water partition coefficient (Wildman–Crippen LogP) is 2.00. The van der Waals surface area contributed by atoms with Crippen molar-refractivity contribution in [3.05, 3.63) is 36.5 Å². The molecule has 0 unspecified atom stereocenters. The maximum atomic E-state index is 4.53. The average molecular weight is 309 g/mol. The minimum Gasteiger partial charge on any atom is -0.306 e. The topological polar surface area (TPSA) is 75.5 Å². The number of aromatic nitrogens is 6. The van der Waals surface area contributed by atoms with E-state index < -0.39 is 0 Å². The molecule has 0 amide bonds. The van der Waals surface area contributed by atoms with Crippen LogP contribution in [0.2, 0.25) is 0 Å². The van der Waals surface area contributed by atoms with Gasteiger partial charge < -0.3 is 4.90 Å². The van der Waals surface area contributed by atoms with Gasteiger partial charge in [0.2, 0.25) is 0 Å². The number of nitrogens with one attached hydrogen (secondary N) is 1. The molecule has 23 heavy (non-hydrogen) atoms. The lowest BCUT2D eigenvalue weighted by molar-refractivity contribution is 0.210. The van der Waals surface area contributed by atoms with Gasteiger partial charge in [0.25, 0.3) is 0 Å². The summed E-state index contributed by atoms with van der Waals surface area (Å²) in [5.74, 6) is 1.33. The van der Waals surface area contributed by atoms with E-state index in [2.05, 4.69) is 37.4 Å². The second-order valence-electron chi connectivity index (χ2n) is 5.99. The van der Waals surface area contributed by atoms with E-state index in [9.17, 15) is 0 Å². The van der Waals surface area contributed by atoms with Gasteiger partial charge in [-0.05, 0) is 33.0 Å². The smallest absolute Gasteiger partial charge is 0.181 e. The molecule has 118 valence electrons. The Balaban J connectivity index is 1.54. The number of aromatic amines is 1. The van der Waals surface area contributed by atoms with E-state index in [1.54, 1.807) is 0 Å². The molecular weight excluding hydrogens is 290 g/mol. The van der Waals surface area contributed by atoms with Gasteiger partial charge in [0.1, 0.15) is 5.69 Å². The molecule has 1 aromatic carbocycles. The summed E-state index contributed by atoms with van der Waals surface area (Å²) in [6.07, 6.45) is 4.17.